The van der Waals surface area contributed by atoms with Crippen LogP contribution < -0.4 is 10.2 Å². The van der Waals surface area contributed by atoms with Gasteiger partial charge in [-0.05, 0) is 48.7 Å². The number of ether oxygens (including phenoxy) is 1. The van der Waals surface area contributed by atoms with Crippen LogP contribution in [0.2, 0.25) is 0 Å². The van der Waals surface area contributed by atoms with Gasteiger partial charge in [-0.25, -0.2) is 9.50 Å². The predicted octanol–water partition coefficient (Wildman–Crippen LogP) is 4.14. The largest absolute Gasteiger partial charge is 0.435 e. The second kappa shape index (κ2) is 10.1. The van der Waals surface area contributed by atoms with Crippen LogP contribution in [-0.2, 0) is 17.4 Å². The third kappa shape index (κ3) is 6.08. The van der Waals surface area contributed by atoms with Crippen molar-refractivity contribution in [1.29, 1.82) is 0 Å². The SMILES string of the molecule is Cn1cc2cc(-c3nn4ccc(C5CC5)nc4c(-c4ccc(OC(F)F)cc4)c3=O)ccc2n1.O=S(=O)(O)O. The van der Waals surface area contributed by atoms with E-state index in [0.717, 1.165) is 29.4 Å². The van der Waals surface area contributed by atoms with Gasteiger partial charge in [0.2, 0.25) is 5.43 Å². The van der Waals surface area contributed by atoms with Crippen LogP contribution in [0.1, 0.15) is 24.5 Å². The lowest BCUT2D eigenvalue weighted by Crippen LogP contribution is -2.16. The second-order valence-corrected chi connectivity index (χ2v) is 9.77. The normalized spacial score (nSPS) is 13.5. The molecule has 0 spiro atoms. The smallest absolute Gasteiger partial charge is 0.394 e. The summed E-state index contributed by atoms with van der Waals surface area (Å²) in [5.74, 6) is 0.411. The Morgan fingerprint density at radius 3 is 2.33 bits per heavy atom. The molecule has 0 radical (unpaired) electrons. The Bertz CT molecular complexity index is 1840. The van der Waals surface area contributed by atoms with Gasteiger partial charge in [-0.15, -0.1) is 0 Å². The number of nitrogens with zero attached hydrogens (tertiary/aromatic N) is 5. The average Bonchev–Trinajstić information content (AvgIpc) is 3.63. The van der Waals surface area contributed by atoms with Gasteiger partial charge in [0.1, 0.15) is 11.4 Å². The molecule has 0 amide bonds. The van der Waals surface area contributed by atoms with Crippen molar-refractivity contribution < 1.29 is 31.0 Å². The van der Waals surface area contributed by atoms with Crippen LogP contribution in [0, 0.1) is 0 Å². The summed E-state index contributed by atoms with van der Waals surface area (Å²) in [5.41, 5.74) is 3.73. The highest BCUT2D eigenvalue weighted by atomic mass is 32.3. The number of fused-ring (bicyclic) bond motifs is 2. The zero-order valence-electron chi connectivity index (χ0n) is 20.3. The fraction of sp³-hybridized carbons (Fsp3) is 0.200. The van der Waals surface area contributed by atoms with Gasteiger partial charge in [0.05, 0.1) is 11.1 Å². The van der Waals surface area contributed by atoms with Gasteiger partial charge in [0, 0.05) is 42.0 Å². The molecule has 2 N–H and O–H groups in total. The number of aryl methyl sites for hydroxylation is 1. The maximum atomic E-state index is 13.8. The number of aromatic nitrogens is 5. The molecule has 0 aliphatic heterocycles. The first kappa shape index (κ1) is 26.3. The van der Waals surface area contributed by atoms with Gasteiger partial charge in [0.15, 0.2) is 5.65 Å². The third-order valence-corrected chi connectivity index (χ3v) is 5.97. The highest BCUT2D eigenvalue weighted by Gasteiger charge is 2.26. The van der Waals surface area contributed by atoms with Crippen molar-refractivity contribution in [2.75, 3.05) is 0 Å². The van der Waals surface area contributed by atoms with E-state index < -0.39 is 17.0 Å². The third-order valence-electron chi connectivity index (χ3n) is 5.97. The van der Waals surface area contributed by atoms with E-state index in [1.807, 2.05) is 43.7 Å². The summed E-state index contributed by atoms with van der Waals surface area (Å²) in [6, 6.07) is 13.5. The first-order valence-corrected chi connectivity index (χ1v) is 13.0. The molecule has 5 aromatic rings. The zero-order chi connectivity index (χ0) is 27.9. The van der Waals surface area contributed by atoms with Crippen LogP contribution in [0.25, 0.3) is 38.9 Å². The molecule has 3 aromatic heterocycles. The molecule has 1 fully saturated rings. The number of halogens is 2. The summed E-state index contributed by atoms with van der Waals surface area (Å²) in [6.45, 7) is -2.92. The molecular formula is C25H21F2N5O6S. The van der Waals surface area contributed by atoms with E-state index in [9.17, 15) is 13.6 Å². The van der Waals surface area contributed by atoms with E-state index in [2.05, 4.69) is 14.9 Å². The van der Waals surface area contributed by atoms with Gasteiger partial charge >= 0.3 is 17.0 Å². The highest BCUT2D eigenvalue weighted by molar-refractivity contribution is 7.79. The quantitative estimate of drug-likeness (QED) is 0.304. The Morgan fingerprint density at radius 1 is 1.03 bits per heavy atom. The fourth-order valence-corrected chi connectivity index (χ4v) is 4.21. The van der Waals surface area contributed by atoms with Crippen molar-refractivity contribution in [3.63, 3.8) is 0 Å². The minimum atomic E-state index is -4.67. The Morgan fingerprint density at radius 2 is 1.69 bits per heavy atom. The molecule has 11 nitrogen and oxygen atoms in total. The van der Waals surface area contributed by atoms with Crippen LogP contribution in [0.4, 0.5) is 8.78 Å². The first-order chi connectivity index (χ1) is 18.5. The standard InChI is InChI=1S/C25H19F2N5O2.H2O4S/c1-31-13-17-12-16(6-9-20(17)29-31)22-23(33)21(15-4-7-18(8-5-15)34-25(26)27)24-28-19(14-2-3-14)10-11-32(24)30-22;1-5(2,3)4/h4-14,25H,2-3H2,1H3;(H2,1,2,3,4). The average molecular weight is 558 g/mol. The van der Waals surface area contributed by atoms with Crippen LogP contribution in [0.3, 0.4) is 0 Å². The summed E-state index contributed by atoms with van der Waals surface area (Å²) in [7, 11) is -2.83. The summed E-state index contributed by atoms with van der Waals surface area (Å²) >= 11 is 0. The molecule has 0 unspecified atom stereocenters. The maximum Gasteiger partial charge on any atom is 0.394 e. The zero-order valence-corrected chi connectivity index (χ0v) is 21.1. The molecule has 1 aliphatic carbocycles. The van der Waals surface area contributed by atoms with Crippen molar-refractivity contribution >= 4 is 26.9 Å². The molecule has 0 saturated heterocycles. The van der Waals surface area contributed by atoms with E-state index >= 15 is 0 Å². The number of rotatable bonds is 5. The number of hydrogen-bond acceptors (Lipinski definition) is 7. The second-order valence-electron chi connectivity index (χ2n) is 8.87. The molecule has 0 atom stereocenters. The molecule has 2 aromatic carbocycles. The van der Waals surface area contributed by atoms with Crippen molar-refractivity contribution in [3.05, 3.63) is 76.8 Å². The number of benzene rings is 2. The molecule has 202 valence electrons. The van der Waals surface area contributed by atoms with E-state index in [1.165, 1.54) is 12.1 Å². The van der Waals surface area contributed by atoms with Crippen LogP contribution in [-0.4, -0.2) is 48.5 Å². The number of hydrogen-bond donors (Lipinski definition) is 2. The number of alkyl halides is 2. The van der Waals surface area contributed by atoms with E-state index in [-0.39, 0.29) is 16.9 Å². The fourth-order valence-electron chi connectivity index (χ4n) is 4.21. The minimum absolute atomic E-state index is 0.0195. The Kier molecular flexibility index (Phi) is 6.84. The molecule has 14 heteroatoms. The highest BCUT2D eigenvalue weighted by Crippen LogP contribution is 2.39. The lowest BCUT2D eigenvalue weighted by molar-refractivity contribution is -0.0498. The van der Waals surface area contributed by atoms with Crippen molar-refractivity contribution in [2.24, 2.45) is 7.05 Å². The van der Waals surface area contributed by atoms with Gasteiger partial charge in [0.25, 0.3) is 0 Å². The topological polar surface area (TPSA) is 149 Å². The molecule has 6 rings (SSSR count). The lowest BCUT2D eigenvalue weighted by atomic mass is 10.0. The predicted molar refractivity (Wildman–Crippen MR) is 137 cm³/mol. The summed E-state index contributed by atoms with van der Waals surface area (Å²) in [6.07, 6.45) is 5.83. The summed E-state index contributed by atoms with van der Waals surface area (Å²) in [4.78, 5) is 18.6. The molecule has 1 saturated carbocycles. The molecule has 1 aliphatic rings. The van der Waals surface area contributed by atoms with Crippen molar-refractivity contribution in [3.8, 4) is 28.1 Å². The van der Waals surface area contributed by atoms with Gasteiger partial charge in [-0.3, -0.25) is 18.6 Å². The van der Waals surface area contributed by atoms with Crippen molar-refractivity contribution in [1.82, 2.24) is 24.4 Å². The Labute approximate surface area is 219 Å². The van der Waals surface area contributed by atoms with E-state index in [4.69, 9.17) is 22.5 Å². The Hall–Kier alpha value is -4.27. The Balaban J connectivity index is 0.000000567. The minimum Gasteiger partial charge on any atom is -0.435 e. The first-order valence-electron chi connectivity index (χ1n) is 11.6. The van der Waals surface area contributed by atoms with Gasteiger partial charge < -0.3 is 4.74 Å². The van der Waals surface area contributed by atoms with Gasteiger partial charge in [-0.1, -0.05) is 18.2 Å². The molecule has 39 heavy (non-hydrogen) atoms. The summed E-state index contributed by atoms with van der Waals surface area (Å²) < 4.78 is 64.6. The van der Waals surface area contributed by atoms with Crippen molar-refractivity contribution in [2.45, 2.75) is 25.4 Å². The summed E-state index contributed by atoms with van der Waals surface area (Å²) in [5, 5.41) is 9.89. The molecule has 3 heterocycles. The molecular weight excluding hydrogens is 536 g/mol. The van der Waals surface area contributed by atoms with E-state index in [0.29, 0.717) is 28.3 Å². The molecule has 0 bridgehead atoms. The van der Waals surface area contributed by atoms with E-state index in [1.54, 1.807) is 21.3 Å². The monoisotopic (exact) mass is 557 g/mol. The van der Waals surface area contributed by atoms with Crippen LogP contribution >= 0.6 is 0 Å². The maximum absolute atomic E-state index is 13.8. The van der Waals surface area contributed by atoms with Gasteiger partial charge in [-0.2, -0.15) is 27.4 Å². The van der Waals surface area contributed by atoms with Crippen LogP contribution in [0.5, 0.6) is 5.75 Å². The lowest BCUT2D eigenvalue weighted by Gasteiger charge is -2.12. The van der Waals surface area contributed by atoms with Crippen LogP contribution in [0.15, 0.2) is 65.7 Å².